The number of unbranched alkanes of at least 4 members (excludes halogenated alkanes) is 1. The van der Waals surface area contributed by atoms with E-state index in [-0.39, 0.29) is 0 Å². The van der Waals surface area contributed by atoms with E-state index < -0.39 is 12.5 Å². The van der Waals surface area contributed by atoms with Crippen LogP contribution in [0.2, 0.25) is 0 Å². The molecule has 2 aliphatic rings. The van der Waals surface area contributed by atoms with Crippen molar-refractivity contribution in [3.8, 4) is 0 Å². The van der Waals surface area contributed by atoms with Gasteiger partial charge in [-0.25, -0.2) is 0 Å². The molecule has 1 atom stereocenters. The number of halogens is 3. The van der Waals surface area contributed by atoms with E-state index in [1.165, 1.54) is 57.8 Å². The number of allylic oxidation sites excluding steroid dienone is 4. The smallest absolute Gasteiger partial charge is 0.289 e. The Bertz CT molecular complexity index is 481. The number of hydrogen-bond acceptors (Lipinski definition) is 1. The van der Waals surface area contributed by atoms with Crippen LogP contribution in [0.5, 0.6) is 0 Å². The summed E-state index contributed by atoms with van der Waals surface area (Å²) in [5, 5.41) is 0. The molecule has 168 valence electrons. The molecule has 0 N–H and O–H groups in total. The van der Waals surface area contributed by atoms with Crippen molar-refractivity contribution in [1.82, 2.24) is 0 Å². The molecule has 0 aromatic heterocycles. The molecule has 0 aromatic carbocycles. The maximum absolute atomic E-state index is 12.4. The summed E-state index contributed by atoms with van der Waals surface area (Å²) in [4.78, 5) is 0. The molecule has 2 rings (SSSR count). The largest absolute Gasteiger partial charge is 0.522 e. The van der Waals surface area contributed by atoms with Crippen LogP contribution in [0.25, 0.3) is 0 Å². The molecular weight excluding hydrogens is 373 g/mol. The lowest BCUT2D eigenvalue weighted by atomic mass is 9.70. The van der Waals surface area contributed by atoms with Crippen molar-refractivity contribution < 1.29 is 17.9 Å². The predicted octanol–water partition coefficient (Wildman–Crippen LogP) is 8.61. The third-order valence-electron chi connectivity index (χ3n) is 6.98. The second kappa shape index (κ2) is 12.8. The van der Waals surface area contributed by atoms with E-state index in [0.717, 1.165) is 18.8 Å². The Balaban J connectivity index is 1.60. The van der Waals surface area contributed by atoms with E-state index in [9.17, 15) is 13.2 Å². The zero-order valence-corrected chi connectivity index (χ0v) is 18.4. The first-order valence-corrected chi connectivity index (χ1v) is 11.9. The second-order valence-electron chi connectivity index (χ2n) is 9.21. The van der Waals surface area contributed by atoms with Crippen LogP contribution >= 0.6 is 0 Å². The fourth-order valence-corrected chi connectivity index (χ4v) is 5.44. The maximum Gasteiger partial charge on any atom is 0.522 e. The van der Waals surface area contributed by atoms with Gasteiger partial charge in [-0.1, -0.05) is 37.6 Å². The van der Waals surface area contributed by atoms with Gasteiger partial charge < -0.3 is 0 Å². The van der Waals surface area contributed by atoms with Crippen LogP contribution in [0.3, 0.4) is 0 Å². The Morgan fingerprint density at radius 1 is 0.931 bits per heavy atom. The highest BCUT2D eigenvalue weighted by molar-refractivity contribution is 4.93. The minimum atomic E-state index is -4.48. The Labute approximate surface area is 176 Å². The number of alkyl halides is 3. The lowest BCUT2D eigenvalue weighted by Crippen LogP contribution is -2.31. The average Bonchev–Trinajstić information content (AvgIpc) is 2.68. The van der Waals surface area contributed by atoms with E-state index in [0.29, 0.717) is 30.6 Å². The minimum Gasteiger partial charge on any atom is -0.289 e. The van der Waals surface area contributed by atoms with Gasteiger partial charge in [0.25, 0.3) is 0 Å². The molecule has 0 amide bonds. The summed E-state index contributed by atoms with van der Waals surface area (Å²) in [6.07, 6.45) is 18.5. The van der Waals surface area contributed by atoms with E-state index >= 15 is 0 Å². The van der Waals surface area contributed by atoms with Gasteiger partial charge in [-0.05, 0) is 108 Å². The van der Waals surface area contributed by atoms with Gasteiger partial charge in [0.2, 0.25) is 0 Å². The van der Waals surface area contributed by atoms with Gasteiger partial charge in [0.1, 0.15) is 0 Å². The zero-order chi connectivity index (χ0) is 21.1. The zero-order valence-electron chi connectivity index (χ0n) is 18.4. The van der Waals surface area contributed by atoms with E-state index in [4.69, 9.17) is 0 Å². The Morgan fingerprint density at radius 2 is 1.55 bits per heavy atom. The third-order valence-corrected chi connectivity index (χ3v) is 6.98. The molecule has 0 bridgehead atoms. The van der Waals surface area contributed by atoms with Gasteiger partial charge in [-0.15, -0.1) is 13.2 Å². The topological polar surface area (TPSA) is 9.23 Å². The molecule has 29 heavy (non-hydrogen) atoms. The van der Waals surface area contributed by atoms with Gasteiger partial charge in [0.15, 0.2) is 0 Å². The Morgan fingerprint density at radius 3 is 2.10 bits per heavy atom. The van der Waals surface area contributed by atoms with Crippen LogP contribution in [-0.4, -0.2) is 12.5 Å². The van der Waals surface area contributed by atoms with Crippen LogP contribution in [0.1, 0.15) is 97.3 Å². The van der Waals surface area contributed by atoms with Crippen molar-refractivity contribution in [1.29, 1.82) is 0 Å². The summed E-state index contributed by atoms with van der Waals surface area (Å²) < 4.78 is 41.3. The maximum atomic E-state index is 12.4. The molecule has 0 aromatic rings. The molecule has 0 saturated heterocycles. The van der Waals surface area contributed by atoms with Gasteiger partial charge in [-0.2, -0.15) is 0 Å². The van der Waals surface area contributed by atoms with E-state index in [1.807, 2.05) is 0 Å². The molecule has 2 saturated carbocycles. The molecule has 0 radical (unpaired) electrons. The SMILES string of the molecule is C/C=C/C(CCC)CCC/C=C/C1CCC(C2CCC(OC(F)(F)F)CC2)CC1. The van der Waals surface area contributed by atoms with Crippen LogP contribution in [-0.2, 0) is 4.74 Å². The van der Waals surface area contributed by atoms with E-state index in [1.54, 1.807) is 0 Å². The van der Waals surface area contributed by atoms with Crippen molar-refractivity contribution >= 4 is 0 Å². The summed E-state index contributed by atoms with van der Waals surface area (Å²) in [6.45, 7) is 4.37. The van der Waals surface area contributed by atoms with Crippen molar-refractivity contribution in [3.63, 3.8) is 0 Å². The van der Waals surface area contributed by atoms with E-state index in [2.05, 4.69) is 42.9 Å². The first-order valence-electron chi connectivity index (χ1n) is 11.9. The number of rotatable bonds is 10. The molecule has 0 aliphatic heterocycles. The molecular formula is C25H41F3O. The normalized spacial score (nSPS) is 30.2. The molecule has 0 heterocycles. The minimum absolute atomic E-state index is 0.566. The summed E-state index contributed by atoms with van der Waals surface area (Å²) in [5.41, 5.74) is 0. The highest BCUT2D eigenvalue weighted by Gasteiger charge is 2.37. The first kappa shape index (κ1) is 24.5. The van der Waals surface area contributed by atoms with Crippen LogP contribution in [0, 0.1) is 23.7 Å². The van der Waals surface area contributed by atoms with Crippen LogP contribution in [0.4, 0.5) is 13.2 Å². The monoisotopic (exact) mass is 414 g/mol. The molecule has 1 nitrogen and oxygen atoms in total. The highest BCUT2D eigenvalue weighted by atomic mass is 19.4. The van der Waals surface area contributed by atoms with Gasteiger partial charge >= 0.3 is 6.36 Å². The quantitative estimate of drug-likeness (QED) is 0.257. The third kappa shape index (κ3) is 9.72. The molecule has 4 heteroatoms. The molecule has 2 aliphatic carbocycles. The summed E-state index contributed by atoms with van der Waals surface area (Å²) in [6, 6.07) is 0. The summed E-state index contributed by atoms with van der Waals surface area (Å²) in [5.74, 6) is 2.76. The Hall–Kier alpha value is -0.770. The standard InChI is InChI=1S/C25H41F3O/c1-3-8-20(9-4-2)10-6-5-7-11-21-12-14-22(15-13-21)23-16-18-24(19-17-23)29-25(26,27)28/h3,7-8,11,20-24H,4-6,9-10,12-19H2,1-2H3/b8-3+,11-7+. The van der Waals surface area contributed by atoms with Crippen molar-refractivity contribution in [2.45, 2.75) is 110 Å². The first-order chi connectivity index (χ1) is 13.9. The fraction of sp³-hybridized carbons (Fsp3) is 0.840. The Kier molecular flexibility index (Phi) is 10.8. The van der Waals surface area contributed by atoms with Crippen molar-refractivity contribution in [2.75, 3.05) is 0 Å². The predicted molar refractivity (Wildman–Crippen MR) is 115 cm³/mol. The average molecular weight is 415 g/mol. The molecule has 2 fully saturated rings. The van der Waals surface area contributed by atoms with Gasteiger partial charge in [0, 0.05) is 0 Å². The molecule has 1 unspecified atom stereocenters. The molecule has 0 spiro atoms. The van der Waals surface area contributed by atoms with Gasteiger partial charge in [0.05, 0.1) is 6.10 Å². The summed E-state index contributed by atoms with van der Waals surface area (Å²) >= 11 is 0. The lowest BCUT2D eigenvalue weighted by molar-refractivity contribution is -0.346. The fourth-order valence-electron chi connectivity index (χ4n) is 5.44. The highest BCUT2D eigenvalue weighted by Crippen LogP contribution is 2.41. The number of ether oxygens (including phenoxy) is 1. The second-order valence-corrected chi connectivity index (χ2v) is 9.21. The number of hydrogen-bond donors (Lipinski definition) is 0. The van der Waals surface area contributed by atoms with Crippen LogP contribution in [0.15, 0.2) is 24.3 Å². The van der Waals surface area contributed by atoms with Gasteiger partial charge in [-0.3, -0.25) is 4.74 Å². The lowest BCUT2D eigenvalue weighted by Gasteiger charge is -2.37. The van der Waals surface area contributed by atoms with Crippen molar-refractivity contribution in [2.24, 2.45) is 23.7 Å². The summed E-state index contributed by atoms with van der Waals surface area (Å²) in [7, 11) is 0. The van der Waals surface area contributed by atoms with Crippen LogP contribution < -0.4 is 0 Å². The van der Waals surface area contributed by atoms with Crippen molar-refractivity contribution in [3.05, 3.63) is 24.3 Å².